The Labute approximate surface area is 104 Å². The van der Waals surface area contributed by atoms with E-state index in [1.54, 1.807) is 0 Å². The number of rotatable bonds is 1. The molecular formula is C11H14N2O5. The average Bonchev–Trinajstić information content (AvgIpc) is 2.44. The van der Waals surface area contributed by atoms with Crippen LogP contribution in [0, 0.1) is 0 Å². The number of imide groups is 2. The maximum atomic E-state index is 12.0. The molecule has 7 heteroatoms. The summed E-state index contributed by atoms with van der Waals surface area (Å²) in [5.41, 5.74) is 0. The highest BCUT2D eigenvalue weighted by Crippen LogP contribution is 2.39. The summed E-state index contributed by atoms with van der Waals surface area (Å²) in [5.74, 6) is -1.31. The van der Waals surface area contributed by atoms with E-state index in [1.165, 1.54) is 20.8 Å². The van der Waals surface area contributed by atoms with Crippen molar-refractivity contribution in [3.05, 3.63) is 0 Å². The van der Waals surface area contributed by atoms with Crippen molar-refractivity contribution in [2.45, 2.75) is 45.4 Å². The van der Waals surface area contributed by atoms with Crippen molar-refractivity contribution >= 4 is 23.8 Å². The fourth-order valence-corrected chi connectivity index (χ4v) is 2.59. The van der Waals surface area contributed by atoms with Crippen LogP contribution in [0.15, 0.2) is 0 Å². The first-order valence-corrected chi connectivity index (χ1v) is 5.65. The van der Waals surface area contributed by atoms with Crippen molar-refractivity contribution < 1.29 is 23.9 Å². The number of amides is 4. The van der Waals surface area contributed by atoms with E-state index in [0.717, 1.165) is 9.80 Å². The van der Waals surface area contributed by atoms with Crippen LogP contribution in [0.2, 0.25) is 0 Å². The van der Waals surface area contributed by atoms with Crippen molar-refractivity contribution in [3.63, 3.8) is 0 Å². The molecule has 0 aromatic heterocycles. The molecule has 1 saturated heterocycles. The predicted molar refractivity (Wildman–Crippen MR) is 58.2 cm³/mol. The fraction of sp³-hybridized carbons (Fsp3) is 0.636. The van der Waals surface area contributed by atoms with E-state index in [1.807, 2.05) is 0 Å². The van der Waals surface area contributed by atoms with Crippen LogP contribution in [-0.2, 0) is 19.1 Å². The van der Waals surface area contributed by atoms with Crippen LogP contribution in [-0.4, -0.2) is 51.8 Å². The van der Waals surface area contributed by atoms with Gasteiger partial charge < -0.3 is 4.74 Å². The van der Waals surface area contributed by atoms with Gasteiger partial charge in [-0.25, -0.2) is 4.79 Å². The first-order valence-electron chi connectivity index (χ1n) is 5.65. The first kappa shape index (κ1) is 12.5. The summed E-state index contributed by atoms with van der Waals surface area (Å²) < 4.78 is 5.03. The summed E-state index contributed by atoms with van der Waals surface area (Å²) in [7, 11) is 0. The number of nitrogens with zero attached hydrogens (tertiary/aromatic N) is 2. The molecule has 0 radical (unpaired) electrons. The largest absolute Gasteiger partial charge is 0.460 e. The van der Waals surface area contributed by atoms with Crippen LogP contribution in [0.1, 0.15) is 27.2 Å². The maximum absolute atomic E-state index is 12.0. The SMILES string of the molecule is CC(=O)OC1CC2C1N(C(C)=O)C(=O)N2C(C)=O. The Balaban J connectivity index is 2.25. The van der Waals surface area contributed by atoms with Gasteiger partial charge in [-0.15, -0.1) is 0 Å². The molecule has 0 aromatic rings. The molecule has 2 rings (SSSR count). The lowest BCUT2D eigenvalue weighted by atomic mass is 9.82. The number of carbonyl (C=O) groups excluding carboxylic acids is 4. The molecule has 1 heterocycles. The highest BCUT2D eigenvalue weighted by molar-refractivity contribution is 6.04. The average molecular weight is 254 g/mol. The minimum atomic E-state index is -0.625. The Kier molecular flexibility index (Phi) is 2.84. The molecule has 0 N–H and O–H groups in total. The van der Waals surface area contributed by atoms with Gasteiger partial charge in [0.05, 0.1) is 12.1 Å². The maximum Gasteiger partial charge on any atom is 0.334 e. The molecule has 1 aliphatic heterocycles. The molecule has 2 aliphatic rings. The smallest absolute Gasteiger partial charge is 0.334 e. The third kappa shape index (κ3) is 1.66. The second-order valence-electron chi connectivity index (χ2n) is 4.50. The van der Waals surface area contributed by atoms with Gasteiger partial charge in [-0.1, -0.05) is 0 Å². The zero-order valence-corrected chi connectivity index (χ0v) is 10.4. The molecule has 1 aliphatic carbocycles. The molecule has 2 fully saturated rings. The Hall–Kier alpha value is -1.92. The first-order chi connectivity index (χ1) is 8.34. The van der Waals surface area contributed by atoms with Gasteiger partial charge in [0.25, 0.3) is 0 Å². The minimum absolute atomic E-state index is 0.372. The van der Waals surface area contributed by atoms with Crippen LogP contribution >= 0.6 is 0 Å². The zero-order valence-electron chi connectivity index (χ0n) is 10.4. The van der Waals surface area contributed by atoms with Crippen molar-refractivity contribution in [3.8, 4) is 0 Å². The molecule has 98 valence electrons. The fourth-order valence-electron chi connectivity index (χ4n) is 2.59. The highest BCUT2D eigenvalue weighted by atomic mass is 16.5. The lowest BCUT2D eigenvalue weighted by Gasteiger charge is -2.41. The highest BCUT2D eigenvalue weighted by Gasteiger charge is 2.60. The summed E-state index contributed by atoms with van der Waals surface area (Å²) in [5, 5.41) is 0. The quantitative estimate of drug-likeness (QED) is 0.609. The third-order valence-electron chi connectivity index (χ3n) is 3.29. The van der Waals surface area contributed by atoms with Gasteiger partial charge in [0.2, 0.25) is 11.8 Å². The van der Waals surface area contributed by atoms with Gasteiger partial charge in [-0.05, 0) is 0 Å². The number of ether oxygens (including phenoxy) is 1. The number of fused-ring (bicyclic) bond motifs is 1. The number of carbonyl (C=O) groups is 4. The predicted octanol–water partition coefficient (Wildman–Crippen LogP) is -0.110. The van der Waals surface area contributed by atoms with Crippen molar-refractivity contribution in [2.75, 3.05) is 0 Å². The Morgan fingerprint density at radius 2 is 1.67 bits per heavy atom. The summed E-state index contributed by atoms with van der Waals surface area (Å²) in [6.07, 6.45) is -0.121. The standard InChI is InChI=1S/C11H14N2O5/c1-5(14)12-8-4-9(18-7(3)16)10(8)13(6(2)15)11(12)17/h8-10H,4H2,1-3H3. The molecule has 3 unspecified atom stereocenters. The summed E-state index contributed by atoms with van der Waals surface area (Å²) in [6, 6.07) is -1.54. The molecule has 3 atom stereocenters. The van der Waals surface area contributed by atoms with Gasteiger partial charge in [0.15, 0.2) is 0 Å². The summed E-state index contributed by atoms with van der Waals surface area (Å²) in [6.45, 7) is 3.80. The second kappa shape index (κ2) is 4.08. The van der Waals surface area contributed by atoms with Gasteiger partial charge in [0.1, 0.15) is 6.10 Å². The van der Waals surface area contributed by atoms with Gasteiger partial charge >= 0.3 is 12.0 Å². The second-order valence-corrected chi connectivity index (χ2v) is 4.50. The minimum Gasteiger partial charge on any atom is -0.460 e. The third-order valence-corrected chi connectivity index (χ3v) is 3.29. The lowest BCUT2D eigenvalue weighted by Crippen LogP contribution is -2.59. The molecule has 1 saturated carbocycles. The molecule has 7 nitrogen and oxygen atoms in total. The van der Waals surface area contributed by atoms with Crippen LogP contribution in [0.5, 0.6) is 0 Å². The molecule has 4 amide bonds. The zero-order chi connectivity index (χ0) is 13.6. The summed E-state index contributed by atoms with van der Waals surface area (Å²) in [4.78, 5) is 47.8. The van der Waals surface area contributed by atoms with Crippen LogP contribution in [0.3, 0.4) is 0 Å². The lowest BCUT2D eigenvalue weighted by molar-refractivity contribution is -0.160. The van der Waals surface area contributed by atoms with Crippen molar-refractivity contribution in [2.24, 2.45) is 0 Å². The number of hydrogen-bond acceptors (Lipinski definition) is 5. The number of esters is 1. The van der Waals surface area contributed by atoms with E-state index in [2.05, 4.69) is 0 Å². The van der Waals surface area contributed by atoms with E-state index in [0.29, 0.717) is 6.42 Å². The number of hydrogen-bond donors (Lipinski definition) is 0. The van der Waals surface area contributed by atoms with Crippen molar-refractivity contribution in [1.82, 2.24) is 9.80 Å². The number of urea groups is 1. The van der Waals surface area contributed by atoms with Crippen molar-refractivity contribution in [1.29, 1.82) is 0 Å². The molecular weight excluding hydrogens is 240 g/mol. The monoisotopic (exact) mass is 254 g/mol. The van der Waals surface area contributed by atoms with Crippen LogP contribution in [0.25, 0.3) is 0 Å². The molecule has 0 spiro atoms. The summed E-state index contributed by atoms with van der Waals surface area (Å²) >= 11 is 0. The van der Waals surface area contributed by atoms with E-state index in [9.17, 15) is 19.2 Å². The van der Waals surface area contributed by atoms with E-state index < -0.39 is 36.0 Å². The van der Waals surface area contributed by atoms with E-state index >= 15 is 0 Å². The van der Waals surface area contributed by atoms with E-state index in [4.69, 9.17) is 4.74 Å². The van der Waals surface area contributed by atoms with Gasteiger partial charge in [0, 0.05) is 27.2 Å². The Morgan fingerprint density at radius 3 is 2.11 bits per heavy atom. The molecule has 18 heavy (non-hydrogen) atoms. The van der Waals surface area contributed by atoms with E-state index in [-0.39, 0.29) is 6.04 Å². The van der Waals surface area contributed by atoms with Gasteiger partial charge in [-0.2, -0.15) is 0 Å². The topological polar surface area (TPSA) is 84.0 Å². The van der Waals surface area contributed by atoms with Gasteiger partial charge in [-0.3, -0.25) is 24.2 Å². The Morgan fingerprint density at radius 1 is 1.11 bits per heavy atom. The van der Waals surface area contributed by atoms with Crippen LogP contribution < -0.4 is 0 Å². The molecule has 0 bridgehead atoms. The molecule has 0 aromatic carbocycles. The Bertz CT molecular complexity index is 447. The van der Waals surface area contributed by atoms with Crippen LogP contribution in [0.4, 0.5) is 4.79 Å². The normalized spacial score (nSPS) is 29.7.